The van der Waals surface area contributed by atoms with Crippen molar-refractivity contribution in [2.75, 3.05) is 11.1 Å². The van der Waals surface area contributed by atoms with Crippen LogP contribution < -0.4 is 11.1 Å². The monoisotopic (exact) mass is 503 g/mol. The number of aromatic nitrogens is 5. The highest BCUT2D eigenvalue weighted by Gasteiger charge is 2.47. The molecule has 1 aliphatic carbocycles. The van der Waals surface area contributed by atoms with E-state index in [1.165, 1.54) is 38.2 Å². The zero-order valence-electron chi connectivity index (χ0n) is 19.8. The second kappa shape index (κ2) is 8.44. The summed E-state index contributed by atoms with van der Waals surface area (Å²) in [6.07, 6.45) is 12.5. The summed E-state index contributed by atoms with van der Waals surface area (Å²) in [5.74, 6) is 1.09. The summed E-state index contributed by atoms with van der Waals surface area (Å²) < 4.78 is 1.94. The lowest BCUT2D eigenvalue weighted by Gasteiger charge is -2.24. The predicted molar refractivity (Wildman–Crippen MR) is 137 cm³/mol. The minimum Gasteiger partial charge on any atom is -0.506 e. The summed E-state index contributed by atoms with van der Waals surface area (Å²) in [6, 6.07) is 4.66. The van der Waals surface area contributed by atoms with Crippen LogP contribution in [0.25, 0.3) is 17.2 Å². The van der Waals surface area contributed by atoms with Gasteiger partial charge in [0.2, 0.25) is 5.91 Å². The van der Waals surface area contributed by atoms with Crippen LogP contribution in [0.15, 0.2) is 36.8 Å². The molecule has 4 aromatic rings. The summed E-state index contributed by atoms with van der Waals surface area (Å²) in [6.45, 7) is 1.74. The number of imidazole rings is 1. The topological polar surface area (TPSA) is 131 Å². The van der Waals surface area contributed by atoms with Gasteiger partial charge in [0, 0.05) is 18.6 Å². The summed E-state index contributed by atoms with van der Waals surface area (Å²) in [5, 5.41) is 12.8. The molecule has 0 spiro atoms. The molecule has 184 valence electrons. The number of hydrogen-bond donors (Lipinski definition) is 3. The molecule has 1 unspecified atom stereocenters. The molecule has 0 radical (unpaired) electrons. The van der Waals surface area contributed by atoms with Crippen molar-refractivity contribution in [2.24, 2.45) is 5.92 Å². The molecule has 1 aliphatic heterocycles. The highest BCUT2D eigenvalue weighted by atomic mass is 35.5. The van der Waals surface area contributed by atoms with E-state index in [0.717, 1.165) is 17.8 Å². The van der Waals surface area contributed by atoms with Gasteiger partial charge in [-0.25, -0.2) is 19.9 Å². The minimum absolute atomic E-state index is 0.0628. The number of aromatic hydroxyl groups is 1. The fourth-order valence-corrected chi connectivity index (χ4v) is 5.70. The lowest BCUT2D eigenvalue weighted by molar-refractivity contribution is -0.119. The molecule has 2 aliphatic rings. The van der Waals surface area contributed by atoms with Gasteiger partial charge in [-0.2, -0.15) is 0 Å². The SMILES string of the molecule is CC1(c2ccc(O)c(Cl)c2)C(=O)Nc2nc(-c3cn4ccnc4c(CC4CCCCC4)n3)nc(N)c21. The van der Waals surface area contributed by atoms with Crippen molar-refractivity contribution >= 4 is 34.8 Å². The fraction of sp³-hybridized carbons (Fsp3) is 0.346. The van der Waals surface area contributed by atoms with Crippen LogP contribution in [0, 0.1) is 5.92 Å². The van der Waals surface area contributed by atoms with Crippen molar-refractivity contribution in [3.8, 4) is 17.3 Å². The summed E-state index contributed by atoms with van der Waals surface area (Å²) in [7, 11) is 0. The molecule has 10 heteroatoms. The van der Waals surface area contributed by atoms with E-state index in [-0.39, 0.29) is 22.5 Å². The third kappa shape index (κ3) is 3.57. The van der Waals surface area contributed by atoms with E-state index in [2.05, 4.69) is 20.3 Å². The molecule has 0 bridgehead atoms. The molecule has 1 fully saturated rings. The number of nitrogens with zero attached hydrogens (tertiary/aromatic N) is 5. The summed E-state index contributed by atoms with van der Waals surface area (Å²) >= 11 is 6.14. The average Bonchev–Trinajstić information content (AvgIpc) is 3.44. The Morgan fingerprint density at radius 3 is 2.81 bits per heavy atom. The van der Waals surface area contributed by atoms with E-state index >= 15 is 0 Å². The predicted octanol–water partition coefficient (Wildman–Crippen LogP) is 4.51. The second-order valence-corrected chi connectivity index (χ2v) is 10.2. The first-order valence-corrected chi connectivity index (χ1v) is 12.5. The van der Waals surface area contributed by atoms with Gasteiger partial charge in [0.25, 0.3) is 0 Å². The van der Waals surface area contributed by atoms with Gasteiger partial charge in [0.15, 0.2) is 11.5 Å². The van der Waals surface area contributed by atoms with E-state index < -0.39 is 5.41 Å². The molecule has 9 nitrogen and oxygen atoms in total. The number of amides is 1. The van der Waals surface area contributed by atoms with Gasteiger partial charge >= 0.3 is 0 Å². The van der Waals surface area contributed by atoms with E-state index in [0.29, 0.717) is 34.4 Å². The average molecular weight is 504 g/mol. The Bertz CT molecular complexity index is 1510. The van der Waals surface area contributed by atoms with Crippen LogP contribution in [0.5, 0.6) is 5.75 Å². The highest BCUT2D eigenvalue weighted by molar-refractivity contribution is 6.32. The maximum atomic E-state index is 13.2. The molecule has 3 aromatic heterocycles. The Morgan fingerprint density at radius 2 is 2.03 bits per heavy atom. The van der Waals surface area contributed by atoms with Crippen molar-refractivity contribution in [2.45, 2.75) is 50.9 Å². The largest absolute Gasteiger partial charge is 0.506 e. The third-order valence-corrected chi connectivity index (χ3v) is 7.83. The lowest BCUT2D eigenvalue weighted by atomic mass is 9.77. The van der Waals surface area contributed by atoms with Gasteiger partial charge in [-0.05, 0) is 37.0 Å². The Balaban J connectivity index is 1.43. The van der Waals surface area contributed by atoms with Gasteiger partial charge in [-0.15, -0.1) is 0 Å². The number of nitrogen functional groups attached to an aromatic ring is 1. The zero-order chi connectivity index (χ0) is 25.0. The number of fused-ring (bicyclic) bond motifs is 2. The fourth-order valence-electron chi connectivity index (χ4n) is 5.52. The number of phenolic OH excluding ortho intramolecular Hbond substituents is 1. The molecule has 4 N–H and O–H groups in total. The molecule has 4 heterocycles. The Labute approximate surface area is 212 Å². The number of halogens is 1. The lowest BCUT2D eigenvalue weighted by Crippen LogP contribution is -2.33. The number of phenols is 1. The quantitative estimate of drug-likeness (QED) is 0.373. The van der Waals surface area contributed by atoms with Crippen LogP contribution in [0.1, 0.15) is 55.8 Å². The van der Waals surface area contributed by atoms with Crippen LogP contribution in [0.3, 0.4) is 0 Å². The van der Waals surface area contributed by atoms with E-state index in [4.69, 9.17) is 22.3 Å². The second-order valence-electron chi connectivity index (χ2n) is 9.84. The maximum absolute atomic E-state index is 13.2. The normalized spacial score (nSPS) is 20.0. The number of carbonyl (C=O) groups excluding carboxylic acids is 1. The first kappa shape index (κ1) is 22.7. The molecule has 0 saturated heterocycles. The van der Waals surface area contributed by atoms with Crippen LogP contribution in [0.4, 0.5) is 11.6 Å². The number of nitrogens with one attached hydrogen (secondary N) is 1. The Morgan fingerprint density at radius 1 is 1.22 bits per heavy atom. The molecule has 1 saturated carbocycles. The van der Waals surface area contributed by atoms with Crippen LogP contribution in [-0.2, 0) is 16.6 Å². The van der Waals surface area contributed by atoms with Crippen LogP contribution >= 0.6 is 11.6 Å². The number of hydrogen-bond acceptors (Lipinski definition) is 7. The standard InChI is InChI=1S/C26H26ClN7O2/c1-26(15-7-8-19(35)16(27)12-15)20-21(28)31-22(32-23(20)33-25(26)36)18-13-34-10-9-29-24(34)17(30-18)11-14-5-3-2-4-6-14/h7-10,12-14,35H,2-6,11H2,1H3,(H3,28,31,32,33,36). The summed E-state index contributed by atoms with van der Waals surface area (Å²) in [5.41, 5.74) is 8.67. The number of carbonyl (C=O) groups is 1. The first-order chi connectivity index (χ1) is 17.3. The Kier molecular flexibility index (Phi) is 5.33. The number of rotatable bonds is 4. The number of benzene rings is 1. The summed E-state index contributed by atoms with van der Waals surface area (Å²) in [4.78, 5) is 31.9. The van der Waals surface area contributed by atoms with E-state index in [9.17, 15) is 9.90 Å². The Hall–Kier alpha value is -3.72. The van der Waals surface area contributed by atoms with E-state index in [1.54, 1.807) is 25.3 Å². The van der Waals surface area contributed by atoms with Crippen molar-refractivity contribution in [3.05, 3.63) is 58.6 Å². The third-order valence-electron chi connectivity index (χ3n) is 7.53. The highest BCUT2D eigenvalue weighted by Crippen LogP contribution is 2.46. The van der Waals surface area contributed by atoms with Gasteiger partial charge < -0.3 is 20.6 Å². The van der Waals surface area contributed by atoms with Crippen molar-refractivity contribution in [1.29, 1.82) is 0 Å². The van der Waals surface area contributed by atoms with Crippen molar-refractivity contribution in [3.63, 3.8) is 0 Å². The van der Waals surface area contributed by atoms with Crippen molar-refractivity contribution in [1.82, 2.24) is 24.3 Å². The molecule has 1 aromatic carbocycles. The molecule has 36 heavy (non-hydrogen) atoms. The van der Waals surface area contributed by atoms with Gasteiger partial charge in [-0.3, -0.25) is 4.79 Å². The molecule has 1 atom stereocenters. The molecular weight excluding hydrogens is 478 g/mol. The first-order valence-electron chi connectivity index (χ1n) is 12.2. The minimum atomic E-state index is -1.16. The molecule has 1 amide bonds. The number of anilines is 2. The van der Waals surface area contributed by atoms with Gasteiger partial charge in [-0.1, -0.05) is 49.8 Å². The smallest absolute Gasteiger partial charge is 0.240 e. The van der Waals surface area contributed by atoms with Crippen molar-refractivity contribution < 1.29 is 9.90 Å². The number of nitrogens with two attached hydrogens (primary N) is 1. The van der Waals surface area contributed by atoms with Crippen LogP contribution in [0.2, 0.25) is 5.02 Å². The zero-order valence-corrected chi connectivity index (χ0v) is 20.6. The molecule has 6 rings (SSSR count). The van der Waals surface area contributed by atoms with Gasteiger partial charge in [0.05, 0.1) is 16.3 Å². The van der Waals surface area contributed by atoms with E-state index in [1.807, 2.05) is 16.8 Å². The van der Waals surface area contributed by atoms with Gasteiger partial charge in [0.1, 0.15) is 28.5 Å². The maximum Gasteiger partial charge on any atom is 0.240 e. The van der Waals surface area contributed by atoms with Crippen LogP contribution in [-0.4, -0.2) is 35.4 Å². The molecular formula is C26H26ClN7O2.